The molecule has 0 unspecified atom stereocenters. The lowest BCUT2D eigenvalue weighted by Gasteiger charge is -2.31. The summed E-state index contributed by atoms with van der Waals surface area (Å²) in [6.07, 6.45) is -0.379. The summed E-state index contributed by atoms with van der Waals surface area (Å²) in [4.78, 5) is 30.6. The highest BCUT2D eigenvalue weighted by Gasteiger charge is 2.32. The maximum Gasteiger partial charge on any atom is 0.410 e. The topological polar surface area (TPSA) is 73.7 Å². The molecule has 7 nitrogen and oxygen atoms in total. The van der Waals surface area contributed by atoms with E-state index in [4.69, 9.17) is 9.47 Å². The van der Waals surface area contributed by atoms with Crippen LogP contribution >= 0.6 is 0 Å². The van der Waals surface area contributed by atoms with Gasteiger partial charge in [-0.15, -0.1) is 0 Å². The molecular weight excluding hydrogens is 310 g/mol. The Kier molecular flexibility index (Phi) is 5.20. The molecule has 0 atom stereocenters. The first-order valence-electron chi connectivity index (χ1n) is 8.38. The maximum absolute atomic E-state index is 12.3. The van der Waals surface area contributed by atoms with Gasteiger partial charge in [0.05, 0.1) is 18.8 Å². The van der Waals surface area contributed by atoms with Gasteiger partial charge >= 0.3 is 12.1 Å². The summed E-state index contributed by atoms with van der Waals surface area (Å²) in [7, 11) is 0. The zero-order valence-electron chi connectivity index (χ0n) is 15.4. The highest BCUT2D eigenvalue weighted by atomic mass is 16.6. The molecule has 1 amide bonds. The normalized spacial score (nSPS) is 14.5. The molecule has 0 radical (unpaired) electrons. The van der Waals surface area contributed by atoms with Crippen molar-refractivity contribution in [3.05, 3.63) is 17.2 Å². The fraction of sp³-hybridized carbons (Fsp3) is 0.706. The highest BCUT2D eigenvalue weighted by molar-refractivity contribution is 5.89. The first kappa shape index (κ1) is 18.3. The smallest absolute Gasteiger partial charge is 0.410 e. The third kappa shape index (κ3) is 3.88. The summed E-state index contributed by atoms with van der Waals surface area (Å²) in [5.74, 6) is 0.580. The molecule has 1 aliphatic heterocycles. The van der Waals surface area contributed by atoms with Crippen molar-refractivity contribution in [1.82, 2.24) is 14.5 Å². The van der Waals surface area contributed by atoms with Crippen molar-refractivity contribution < 1.29 is 19.1 Å². The Hall–Kier alpha value is -2.05. The molecule has 0 fully saturated rings. The molecule has 134 valence electrons. The molecule has 1 aliphatic rings. The number of rotatable bonds is 3. The zero-order chi connectivity index (χ0) is 18.1. The van der Waals surface area contributed by atoms with Crippen LogP contribution < -0.4 is 0 Å². The monoisotopic (exact) mass is 337 g/mol. The van der Waals surface area contributed by atoms with Crippen LogP contribution in [0, 0.1) is 0 Å². The molecule has 0 spiro atoms. The first-order chi connectivity index (χ1) is 11.1. The number of carbonyl (C=O) groups excluding carboxylic acids is 2. The van der Waals surface area contributed by atoms with E-state index in [9.17, 15) is 9.59 Å². The standard InChI is InChI=1S/C17H27N3O4/c1-7-23-15(21)13-12-10-19(16(22)24-17(4,5)6)8-9-20(12)14(18-13)11(2)3/h11H,7-10H2,1-6H3. The number of fused-ring (bicyclic) bond motifs is 1. The Balaban J connectivity index is 2.31. The Morgan fingerprint density at radius 3 is 2.46 bits per heavy atom. The third-order valence-electron chi connectivity index (χ3n) is 3.67. The molecule has 0 saturated heterocycles. The van der Waals surface area contributed by atoms with E-state index in [0.29, 0.717) is 31.0 Å². The lowest BCUT2D eigenvalue weighted by atomic mass is 10.2. The fourth-order valence-corrected chi connectivity index (χ4v) is 2.68. The number of amides is 1. The summed E-state index contributed by atoms with van der Waals surface area (Å²) in [5, 5.41) is 0. The van der Waals surface area contributed by atoms with Gasteiger partial charge in [-0.05, 0) is 27.7 Å². The van der Waals surface area contributed by atoms with Crippen molar-refractivity contribution in [1.29, 1.82) is 0 Å². The number of nitrogens with zero attached hydrogens (tertiary/aromatic N) is 3. The van der Waals surface area contributed by atoms with Crippen molar-refractivity contribution in [3.63, 3.8) is 0 Å². The van der Waals surface area contributed by atoms with Gasteiger partial charge < -0.3 is 18.9 Å². The van der Waals surface area contributed by atoms with Crippen LogP contribution in [0.25, 0.3) is 0 Å². The van der Waals surface area contributed by atoms with Gasteiger partial charge in [0, 0.05) is 19.0 Å². The van der Waals surface area contributed by atoms with Crippen LogP contribution in [0.1, 0.15) is 69.5 Å². The van der Waals surface area contributed by atoms with Crippen LogP contribution in [0.15, 0.2) is 0 Å². The molecule has 0 aliphatic carbocycles. The van der Waals surface area contributed by atoms with Gasteiger partial charge in [-0.3, -0.25) is 0 Å². The second-order valence-corrected chi connectivity index (χ2v) is 7.19. The Morgan fingerprint density at radius 2 is 1.92 bits per heavy atom. The molecular formula is C17H27N3O4. The largest absolute Gasteiger partial charge is 0.461 e. The number of aromatic nitrogens is 2. The van der Waals surface area contributed by atoms with Crippen molar-refractivity contribution in [3.8, 4) is 0 Å². The van der Waals surface area contributed by atoms with Crippen molar-refractivity contribution in [2.75, 3.05) is 13.2 Å². The molecule has 2 rings (SSSR count). The minimum atomic E-state index is -0.554. The van der Waals surface area contributed by atoms with Crippen LogP contribution in [0.3, 0.4) is 0 Å². The zero-order valence-corrected chi connectivity index (χ0v) is 15.4. The van der Waals surface area contributed by atoms with E-state index >= 15 is 0 Å². The van der Waals surface area contributed by atoms with Gasteiger partial charge in [0.1, 0.15) is 11.4 Å². The van der Waals surface area contributed by atoms with E-state index in [-0.39, 0.29) is 18.6 Å². The highest BCUT2D eigenvalue weighted by Crippen LogP contribution is 2.25. The first-order valence-corrected chi connectivity index (χ1v) is 8.38. The van der Waals surface area contributed by atoms with Crippen LogP contribution in [-0.4, -0.2) is 45.3 Å². The lowest BCUT2D eigenvalue weighted by Crippen LogP contribution is -2.42. The van der Waals surface area contributed by atoms with Gasteiger partial charge in [0.15, 0.2) is 5.69 Å². The second-order valence-electron chi connectivity index (χ2n) is 7.19. The van der Waals surface area contributed by atoms with Crippen LogP contribution in [0.4, 0.5) is 4.79 Å². The van der Waals surface area contributed by atoms with Crippen molar-refractivity contribution >= 4 is 12.1 Å². The Morgan fingerprint density at radius 1 is 1.25 bits per heavy atom. The summed E-state index contributed by atoms with van der Waals surface area (Å²) >= 11 is 0. The van der Waals surface area contributed by atoms with Crippen molar-refractivity contribution in [2.45, 2.75) is 66.2 Å². The number of hydrogen-bond acceptors (Lipinski definition) is 5. The quantitative estimate of drug-likeness (QED) is 0.793. The molecule has 0 N–H and O–H groups in total. The molecule has 2 heterocycles. The Bertz CT molecular complexity index is 629. The minimum absolute atomic E-state index is 0.181. The average molecular weight is 337 g/mol. The predicted molar refractivity (Wildman–Crippen MR) is 88.9 cm³/mol. The molecule has 1 aromatic heterocycles. The molecule has 0 bridgehead atoms. The predicted octanol–water partition coefficient (Wildman–Crippen LogP) is 2.93. The van der Waals surface area contributed by atoms with E-state index in [0.717, 1.165) is 5.82 Å². The minimum Gasteiger partial charge on any atom is -0.461 e. The van der Waals surface area contributed by atoms with Gasteiger partial charge in [0.2, 0.25) is 0 Å². The van der Waals surface area contributed by atoms with E-state index in [1.54, 1.807) is 11.8 Å². The van der Waals surface area contributed by atoms with Crippen LogP contribution in [0.2, 0.25) is 0 Å². The SMILES string of the molecule is CCOC(=O)c1nc(C(C)C)n2c1CN(C(=O)OC(C)(C)C)CC2. The molecule has 1 aromatic rings. The molecule has 24 heavy (non-hydrogen) atoms. The average Bonchev–Trinajstić information content (AvgIpc) is 2.84. The number of imidazole rings is 1. The van der Waals surface area contributed by atoms with E-state index in [2.05, 4.69) is 4.98 Å². The number of ether oxygens (including phenoxy) is 2. The van der Waals surface area contributed by atoms with Gasteiger partial charge in [-0.2, -0.15) is 0 Å². The van der Waals surface area contributed by atoms with E-state index < -0.39 is 11.6 Å². The molecule has 0 saturated carbocycles. The second kappa shape index (κ2) is 6.83. The summed E-state index contributed by atoms with van der Waals surface area (Å²) in [6.45, 7) is 13.0. The summed E-state index contributed by atoms with van der Waals surface area (Å²) < 4.78 is 12.6. The number of esters is 1. The van der Waals surface area contributed by atoms with Gasteiger partial charge in [-0.25, -0.2) is 14.6 Å². The fourth-order valence-electron chi connectivity index (χ4n) is 2.68. The molecule has 7 heteroatoms. The number of carbonyl (C=O) groups is 2. The van der Waals surface area contributed by atoms with E-state index in [1.807, 2.05) is 39.2 Å². The summed E-state index contributed by atoms with van der Waals surface area (Å²) in [6, 6.07) is 0. The van der Waals surface area contributed by atoms with Crippen LogP contribution in [-0.2, 0) is 22.6 Å². The van der Waals surface area contributed by atoms with Crippen LogP contribution in [0.5, 0.6) is 0 Å². The lowest BCUT2D eigenvalue weighted by molar-refractivity contribution is 0.0193. The Labute approximate surface area is 142 Å². The van der Waals surface area contributed by atoms with E-state index in [1.165, 1.54) is 0 Å². The molecule has 0 aromatic carbocycles. The van der Waals surface area contributed by atoms with Crippen molar-refractivity contribution in [2.24, 2.45) is 0 Å². The number of hydrogen-bond donors (Lipinski definition) is 0. The summed E-state index contributed by atoms with van der Waals surface area (Å²) in [5.41, 5.74) is 0.463. The van der Waals surface area contributed by atoms with Gasteiger partial charge in [-0.1, -0.05) is 13.8 Å². The van der Waals surface area contributed by atoms with Gasteiger partial charge in [0.25, 0.3) is 0 Å². The third-order valence-corrected chi connectivity index (χ3v) is 3.67. The maximum atomic E-state index is 12.3.